The second-order valence-electron chi connectivity index (χ2n) is 20.2. The molecule has 3 saturated heterocycles. The van der Waals surface area contributed by atoms with Crippen molar-refractivity contribution in [1.29, 1.82) is 0 Å². The van der Waals surface area contributed by atoms with Gasteiger partial charge in [0.25, 0.3) is 5.91 Å². The molecule has 1 saturated carbocycles. The van der Waals surface area contributed by atoms with E-state index < -0.39 is 48.4 Å². The number of alkyl halides is 1. The van der Waals surface area contributed by atoms with Gasteiger partial charge in [0, 0.05) is 98.8 Å². The van der Waals surface area contributed by atoms with Crippen LogP contribution in [0.3, 0.4) is 0 Å². The predicted molar refractivity (Wildman–Crippen MR) is 272 cm³/mol. The Kier molecular flexibility index (Phi) is 14.5. The van der Waals surface area contributed by atoms with Gasteiger partial charge in [-0.15, -0.1) is 0 Å². The fourth-order valence-corrected chi connectivity index (χ4v) is 12.5. The van der Waals surface area contributed by atoms with Gasteiger partial charge in [0.15, 0.2) is 23.0 Å². The van der Waals surface area contributed by atoms with Gasteiger partial charge < -0.3 is 29.9 Å². The van der Waals surface area contributed by atoms with Gasteiger partial charge in [0.2, 0.25) is 11.8 Å². The molecule has 1 aromatic heterocycles. The van der Waals surface area contributed by atoms with Gasteiger partial charge in [-0.25, -0.2) is 18.0 Å². The molecule has 4 fully saturated rings. The molecule has 2 atom stereocenters. The highest BCUT2D eigenvalue weighted by Gasteiger charge is 2.50. The minimum atomic E-state index is -1.11. The number of fused-ring (bicyclic) bond motifs is 2. The fraction of sp³-hybridized carbons (Fsp3) is 0.473. The molecule has 5 heterocycles. The summed E-state index contributed by atoms with van der Waals surface area (Å²) in [5, 5.41) is 13.8. The molecular weight excluding hydrogens is 961 g/mol. The first-order chi connectivity index (χ1) is 35.3. The molecule has 5 amide bonds. The summed E-state index contributed by atoms with van der Waals surface area (Å²) in [5.41, 5.74) is 1.95. The Bertz CT molecular complexity index is 2920. The second kappa shape index (κ2) is 21.0. The molecule has 10 rings (SSSR count). The SMILES string of the molecule is CNC(=O)c1ccc(OCCF)c(F)c1-c1c(Cl)c(F)cc2c1[C@H](C)[C@@](CNC1CCC(C(=O)N3CCC(N4CCC(c5ccc6c(N7CCC(=O)NC7=O)nn(C)c6c5)CC4)CC3)CC1)(c1ccccc1)O2. The van der Waals surface area contributed by atoms with Crippen LogP contribution in [0.5, 0.6) is 11.5 Å². The molecule has 5 aliphatic rings. The zero-order valence-corrected chi connectivity index (χ0v) is 42.2. The number of aryl methyl sites for hydroxylation is 1. The summed E-state index contributed by atoms with van der Waals surface area (Å²) in [6.07, 6.45) is 7.25. The number of piperidine rings is 2. The molecule has 386 valence electrons. The second-order valence-corrected chi connectivity index (χ2v) is 20.6. The first-order valence-corrected chi connectivity index (χ1v) is 26.0. The average molecular weight is 1020 g/mol. The highest BCUT2D eigenvalue weighted by molar-refractivity contribution is 6.34. The van der Waals surface area contributed by atoms with E-state index in [-0.39, 0.29) is 63.4 Å². The zero-order chi connectivity index (χ0) is 51.1. The van der Waals surface area contributed by atoms with E-state index in [1.807, 2.05) is 49.0 Å². The van der Waals surface area contributed by atoms with E-state index in [9.17, 15) is 23.6 Å². The molecule has 4 aromatic carbocycles. The first-order valence-electron chi connectivity index (χ1n) is 25.6. The largest absolute Gasteiger partial charge is 0.488 e. The number of carbonyl (C=O) groups excluding carboxylic acids is 4. The lowest BCUT2D eigenvalue weighted by molar-refractivity contribution is -0.138. The van der Waals surface area contributed by atoms with E-state index in [1.54, 1.807) is 0 Å². The van der Waals surface area contributed by atoms with Crippen molar-refractivity contribution in [3.63, 3.8) is 0 Å². The van der Waals surface area contributed by atoms with Crippen molar-refractivity contribution >= 4 is 52.1 Å². The summed E-state index contributed by atoms with van der Waals surface area (Å²) in [7, 11) is 3.29. The molecule has 14 nitrogen and oxygen atoms in total. The van der Waals surface area contributed by atoms with Crippen LogP contribution >= 0.6 is 11.6 Å². The van der Waals surface area contributed by atoms with Crippen molar-refractivity contribution < 1.29 is 41.8 Å². The van der Waals surface area contributed by atoms with Crippen LogP contribution in [0.15, 0.2) is 66.7 Å². The Morgan fingerprint density at radius 1 is 0.918 bits per heavy atom. The maximum Gasteiger partial charge on any atom is 0.329 e. The normalized spacial score (nSPS) is 23.1. The van der Waals surface area contributed by atoms with Gasteiger partial charge in [0.05, 0.1) is 16.1 Å². The minimum absolute atomic E-state index is 0.0315. The number of aromatic nitrogens is 2. The highest BCUT2D eigenvalue weighted by Crippen LogP contribution is 2.56. The Morgan fingerprint density at radius 2 is 1.66 bits per heavy atom. The number of ether oxygens (including phenoxy) is 2. The maximum atomic E-state index is 16.6. The van der Waals surface area contributed by atoms with Crippen LogP contribution in [0.2, 0.25) is 5.02 Å². The Morgan fingerprint density at radius 3 is 2.36 bits per heavy atom. The number of likely N-dealkylation sites (tertiary alicyclic amines) is 2. The Balaban J connectivity index is 0.754. The molecule has 4 aliphatic heterocycles. The van der Waals surface area contributed by atoms with Gasteiger partial charge >= 0.3 is 6.03 Å². The van der Waals surface area contributed by atoms with Gasteiger partial charge in [-0.1, -0.05) is 54.9 Å². The van der Waals surface area contributed by atoms with E-state index in [0.29, 0.717) is 36.4 Å². The predicted octanol–water partition coefficient (Wildman–Crippen LogP) is 8.74. The van der Waals surface area contributed by atoms with Crippen molar-refractivity contribution in [2.24, 2.45) is 13.0 Å². The molecule has 73 heavy (non-hydrogen) atoms. The van der Waals surface area contributed by atoms with Crippen LogP contribution < -0.4 is 30.3 Å². The molecule has 0 bridgehead atoms. The summed E-state index contributed by atoms with van der Waals surface area (Å²) in [6.45, 7) is 4.72. The summed E-state index contributed by atoms with van der Waals surface area (Å²) >= 11 is 6.77. The molecule has 3 N–H and O–H groups in total. The lowest BCUT2D eigenvalue weighted by Gasteiger charge is -2.43. The third-order valence-electron chi connectivity index (χ3n) is 16.3. The lowest BCUT2D eigenvalue weighted by atomic mass is 9.77. The Labute approximate surface area is 427 Å². The number of hydrogen-bond donors (Lipinski definition) is 3. The van der Waals surface area contributed by atoms with Gasteiger partial charge in [-0.05, 0) is 106 Å². The van der Waals surface area contributed by atoms with E-state index in [0.717, 1.165) is 94.0 Å². The van der Waals surface area contributed by atoms with Crippen molar-refractivity contribution in [2.45, 2.75) is 94.2 Å². The standard InChI is InChI=1S/C55H62ClF3N8O6/c1-32-46-44(30-41(58)49(56)48(46)47-40(52(69)60-2)15-16-43(50(47)59)72-28-22-57)73-55(32,36-7-5-4-6-8-36)31-61-37-12-9-34(10-13-37)53(70)66-25-19-38(20-26-66)65-23-17-33(18-24-65)35-11-14-39-42(29-35)64(3)63-51(39)67-27-21-45(68)62-54(67)71/h4-8,11,14-16,29-30,32-34,37-38,61H,9-10,12-13,17-28,31H2,1-3H3,(H,60,69)(H,62,68,71)/t32-,34?,37?,55-/m0/s1. The monoisotopic (exact) mass is 1020 g/mol. The number of urea groups is 1. The van der Waals surface area contributed by atoms with Gasteiger partial charge in [0.1, 0.15) is 24.8 Å². The number of nitrogens with zero attached hydrogens (tertiary/aromatic N) is 5. The molecule has 1 aliphatic carbocycles. The average Bonchev–Trinajstić information content (AvgIpc) is 3.89. The lowest BCUT2D eigenvalue weighted by Crippen LogP contribution is -2.51. The molecule has 5 aromatic rings. The van der Waals surface area contributed by atoms with Gasteiger partial charge in [-0.3, -0.25) is 29.3 Å². The molecule has 0 spiro atoms. The number of carbonyl (C=O) groups is 4. The molecule has 0 unspecified atom stereocenters. The molecule has 18 heteroatoms. The third-order valence-corrected chi connectivity index (χ3v) is 16.6. The van der Waals surface area contributed by atoms with Gasteiger partial charge in [-0.2, -0.15) is 5.10 Å². The minimum Gasteiger partial charge on any atom is -0.488 e. The number of halogens is 4. The van der Waals surface area contributed by atoms with Crippen molar-refractivity contribution in [3.05, 3.63) is 106 Å². The highest BCUT2D eigenvalue weighted by atomic mass is 35.5. The summed E-state index contributed by atoms with van der Waals surface area (Å²) in [5.74, 6) is -2.26. The summed E-state index contributed by atoms with van der Waals surface area (Å²) in [4.78, 5) is 57.8. The van der Waals surface area contributed by atoms with Crippen LogP contribution in [-0.4, -0.2) is 115 Å². The van der Waals surface area contributed by atoms with Crippen molar-refractivity contribution in [2.75, 3.05) is 64.5 Å². The van der Waals surface area contributed by atoms with E-state index in [2.05, 4.69) is 49.0 Å². The maximum absolute atomic E-state index is 16.6. The number of rotatable bonds is 13. The summed E-state index contributed by atoms with van der Waals surface area (Å²) in [6, 6.07) is 19.9. The Hall–Kier alpha value is -6.17. The van der Waals surface area contributed by atoms with Crippen LogP contribution in [0, 0.1) is 17.6 Å². The quantitative estimate of drug-likeness (QED) is 0.105. The number of anilines is 1. The van der Waals surface area contributed by atoms with E-state index in [1.165, 1.54) is 35.7 Å². The van der Waals surface area contributed by atoms with Crippen LogP contribution in [-0.2, 0) is 22.2 Å². The van der Waals surface area contributed by atoms with Crippen molar-refractivity contribution in [1.82, 2.24) is 35.5 Å². The fourth-order valence-electron chi connectivity index (χ4n) is 12.2. The third kappa shape index (κ3) is 9.52. The van der Waals surface area contributed by atoms with E-state index in [4.69, 9.17) is 21.1 Å². The van der Waals surface area contributed by atoms with Crippen LogP contribution in [0.25, 0.3) is 22.0 Å². The number of hydrogen-bond acceptors (Lipinski definition) is 9. The van der Waals surface area contributed by atoms with Crippen LogP contribution in [0.1, 0.15) is 104 Å². The number of benzene rings is 4. The number of amides is 5. The smallest absolute Gasteiger partial charge is 0.329 e. The van der Waals surface area contributed by atoms with E-state index >= 15 is 8.78 Å². The topological polar surface area (TPSA) is 150 Å². The molecule has 0 radical (unpaired) electrons. The van der Waals surface area contributed by atoms with Crippen molar-refractivity contribution in [3.8, 4) is 22.6 Å². The van der Waals surface area contributed by atoms with Crippen LogP contribution in [0.4, 0.5) is 23.8 Å². The molecular formula is C55H62ClF3N8O6. The zero-order valence-electron chi connectivity index (χ0n) is 41.5. The summed E-state index contributed by atoms with van der Waals surface area (Å²) < 4.78 is 59.8. The number of nitrogens with one attached hydrogen (secondary N) is 3. The first kappa shape index (κ1) is 50.4. The number of imide groups is 1.